The van der Waals surface area contributed by atoms with E-state index in [0.717, 1.165) is 59.1 Å². The summed E-state index contributed by atoms with van der Waals surface area (Å²) in [5.41, 5.74) is 2.51. The summed E-state index contributed by atoms with van der Waals surface area (Å²) in [7, 11) is -5.74. The van der Waals surface area contributed by atoms with Crippen molar-refractivity contribution in [2.45, 2.75) is 162 Å². The fourth-order valence-corrected chi connectivity index (χ4v) is 8.93. The van der Waals surface area contributed by atoms with Crippen molar-refractivity contribution in [1.82, 2.24) is 0 Å². The van der Waals surface area contributed by atoms with E-state index >= 15 is 0 Å². The van der Waals surface area contributed by atoms with Crippen LogP contribution in [0.5, 0.6) is 11.5 Å². The van der Waals surface area contributed by atoms with E-state index in [9.17, 15) is 36.9 Å². The van der Waals surface area contributed by atoms with Crippen LogP contribution < -0.4 is 4.18 Å². The number of aryl methyl sites for hydroxylation is 4. The van der Waals surface area contributed by atoms with Gasteiger partial charge in [-0.25, -0.2) is 0 Å². The van der Waals surface area contributed by atoms with Gasteiger partial charge in [0.05, 0.1) is 11.2 Å². The van der Waals surface area contributed by atoms with Gasteiger partial charge in [0.2, 0.25) is 0 Å². The number of aromatic hydroxyl groups is 1. The van der Waals surface area contributed by atoms with E-state index in [2.05, 4.69) is 67.4 Å². The van der Waals surface area contributed by atoms with Gasteiger partial charge in [-0.05, 0) is 147 Å². The van der Waals surface area contributed by atoms with Gasteiger partial charge >= 0.3 is 15.6 Å². The molecule has 0 fully saturated rings. The minimum Gasteiger partial charge on any atom is -0.508 e. The molecule has 0 atom stereocenters. The number of benzene rings is 4. The van der Waals surface area contributed by atoms with E-state index in [4.69, 9.17) is 0 Å². The van der Waals surface area contributed by atoms with Crippen molar-refractivity contribution < 1.29 is 41.1 Å². The van der Waals surface area contributed by atoms with Crippen LogP contribution in [0.2, 0.25) is 0 Å². The number of phenolic OH excluding ortho intramolecular Hbond substituents is 1. The molecule has 0 unspecified atom stereocenters. The molecule has 3 N–H and O–H groups in total. The Kier molecular flexibility index (Phi) is 18.1. The van der Waals surface area contributed by atoms with Crippen molar-refractivity contribution in [1.29, 1.82) is 0 Å². The van der Waals surface area contributed by atoms with Gasteiger partial charge in [-0.15, -0.1) is 0 Å². The smallest absolute Gasteiger partial charge is 0.508 e. The molecule has 0 bridgehead atoms. The number of halogens is 3. The van der Waals surface area contributed by atoms with Gasteiger partial charge in [-0.2, -0.15) is 21.6 Å². The molecule has 0 saturated heterocycles. The molecule has 0 aromatic heterocycles. The summed E-state index contributed by atoms with van der Waals surface area (Å²) < 4.78 is 65.5. The molecule has 0 aliphatic carbocycles. The topological polar surface area (TPSA) is 104 Å². The van der Waals surface area contributed by atoms with Crippen LogP contribution in [0, 0.1) is 27.7 Å². The van der Waals surface area contributed by atoms with Crippen molar-refractivity contribution in [3.05, 3.63) is 141 Å². The predicted molar refractivity (Wildman–Crippen MR) is 254 cm³/mol. The summed E-state index contributed by atoms with van der Waals surface area (Å²) in [6.45, 7) is 24.1. The van der Waals surface area contributed by atoms with Crippen molar-refractivity contribution >= 4 is 22.3 Å². The Bertz CT molecular complexity index is 2310. The Labute approximate surface area is 376 Å². The summed E-state index contributed by atoms with van der Waals surface area (Å²) in [6.07, 6.45) is 13.9. The minimum absolute atomic E-state index is 0.0704. The molecule has 63 heavy (non-hydrogen) atoms. The molecule has 10 heteroatoms. The van der Waals surface area contributed by atoms with Crippen LogP contribution in [-0.2, 0) is 20.9 Å². The minimum atomic E-state index is -5.74. The van der Waals surface area contributed by atoms with Crippen molar-refractivity contribution in [2.24, 2.45) is 0 Å². The highest BCUT2D eigenvalue weighted by molar-refractivity contribution is 7.88. The van der Waals surface area contributed by atoms with E-state index in [1.54, 1.807) is 12.1 Å². The number of rotatable bonds is 18. The van der Waals surface area contributed by atoms with Gasteiger partial charge in [-0.3, -0.25) is 0 Å². The summed E-state index contributed by atoms with van der Waals surface area (Å²) in [5.74, 6) is 0.00374. The molecule has 0 radical (unpaired) electrons. The fourth-order valence-electron chi connectivity index (χ4n) is 8.41. The van der Waals surface area contributed by atoms with E-state index in [0.29, 0.717) is 37.0 Å². The maximum atomic E-state index is 12.7. The highest BCUT2D eigenvalue weighted by atomic mass is 32.2. The Morgan fingerprint density at radius 1 is 0.508 bits per heavy atom. The second kappa shape index (κ2) is 21.5. The lowest BCUT2D eigenvalue weighted by molar-refractivity contribution is -0.0500. The molecule has 4 aromatic carbocycles. The van der Waals surface area contributed by atoms with Gasteiger partial charge in [0.15, 0.2) is 0 Å². The van der Waals surface area contributed by atoms with Gasteiger partial charge in [0.1, 0.15) is 11.5 Å². The lowest BCUT2D eigenvalue weighted by Crippen LogP contribution is -2.29. The molecule has 0 saturated carbocycles. The van der Waals surface area contributed by atoms with Crippen LogP contribution in [0.15, 0.2) is 84.9 Å². The lowest BCUT2D eigenvalue weighted by atomic mass is 9.70. The maximum absolute atomic E-state index is 12.7. The van der Waals surface area contributed by atoms with E-state index in [1.807, 2.05) is 91.8 Å². The summed E-state index contributed by atoms with van der Waals surface area (Å²) >= 11 is 0. The third kappa shape index (κ3) is 12.1. The quantitative estimate of drug-likeness (QED) is 0.0679. The third-order valence-corrected chi connectivity index (χ3v) is 14.6. The zero-order chi connectivity index (χ0) is 47.6. The van der Waals surface area contributed by atoms with Crippen LogP contribution in [0.25, 0.3) is 12.2 Å². The van der Waals surface area contributed by atoms with Crippen molar-refractivity contribution in [2.75, 3.05) is 0 Å². The number of phenols is 1. The van der Waals surface area contributed by atoms with E-state index < -0.39 is 32.2 Å². The standard InChI is InChI=1S/C27H35F3O4S.C26H36O2/c1-7-25(31,8-2)16-15-21-11-12-22(17-19(21)5)26(9-3,10-4)23-13-14-24(20(6)18-23)34-35(32,33)27(28,29)30;1-7-25(28,8-2)16-15-21-11-12-22(17-19(21)5)26(9-3,10-4)23-13-14-24(27)20(6)18-23/h11-18,31H,7-10H2,1-6H3;11-18,27-28H,7-10H2,1-6H3/b2*16-15+. The molecular formula is C53H71F3O6S. The van der Waals surface area contributed by atoms with Gasteiger partial charge in [-0.1, -0.05) is 140 Å². The van der Waals surface area contributed by atoms with Gasteiger partial charge in [0, 0.05) is 10.8 Å². The van der Waals surface area contributed by atoms with Crippen LogP contribution in [0.4, 0.5) is 13.2 Å². The van der Waals surface area contributed by atoms with E-state index in [1.165, 1.54) is 29.7 Å². The largest absolute Gasteiger partial charge is 0.534 e. The molecule has 346 valence electrons. The van der Waals surface area contributed by atoms with E-state index in [-0.39, 0.29) is 11.2 Å². The number of aliphatic hydroxyl groups is 2. The average molecular weight is 893 g/mol. The first-order chi connectivity index (χ1) is 29.4. The number of alkyl halides is 3. The molecule has 4 aromatic rings. The highest BCUT2D eigenvalue weighted by Gasteiger charge is 2.49. The monoisotopic (exact) mass is 892 g/mol. The van der Waals surface area contributed by atoms with Crippen LogP contribution in [-0.4, -0.2) is 40.4 Å². The molecule has 0 aliphatic heterocycles. The summed E-state index contributed by atoms with van der Waals surface area (Å²) in [5, 5.41) is 31.0. The third-order valence-electron chi connectivity index (χ3n) is 13.6. The molecular weight excluding hydrogens is 822 g/mol. The zero-order valence-corrected chi connectivity index (χ0v) is 40.3. The van der Waals surface area contributed by atoms with Crippen LogP contribution >= 0.6 is 0 Å². The summed E-state index contributed by atoms with van der Waals surface area (Å²) in [6, 6.07) is 23.4. The first-order valence-electron chi connectivity index (χ1n) is 22.4. The zero-order valence-electron chi connectivity index (χ0n) is 39.5. The van der Waals surface area contributed by atoms with Gasteiger partial charge in [0.25, 0.3) is 0 Å². The lowest BCUT2D eigenvalue weighted by Gasteiger charge is -2.34. The fraction of sp³-hybridized carbons (Fsp3) is 0.472. The normalized spacial score (nSPS) is 13.1. The predicted octanol–water partition coefficient (Wildman–Crippen LogP) is 13.9. The van der Waals surface area contributed by atoms with Gasteiger partial charge < -0.3 is 19.5 Å². The maximum Gasteiger partial charge on any atom is 0.534 e. The molecule has 0 aliphatic rings. The van der Waals surface area contributed by atoms with Crippen LogP contribution in [0.3, 0.4) is 0 Å². The number of hydrogen-bond donors (Lipinski definition) is 3. The highest BCUT2D eigenvalue weighted by Crippen LogP contribution is 2.43. The second-order valence-electron chi connectivity index (χ2n) is 17.0. The first kappa shape index (κ1) is 53.0. The Balaban J connectivity index is 0.000000344. The summed E-state index contributed by atoms with van der Waals surface area (Å²) in [4.78, 5) is 0. The Morgan fingerprint density at radius 3 is 1.14 bits per heavy atom. The van der Waals surface area contributed by atoms with Crippen LogP contribution in [0.1, 0.15) is 162 Å². The second-order valence-corrected chi connectivity index (χ2v) is 18.5. The molecule has 6 nitrogen and oxygen atoms in total. The molecule has 0 amide bonds. The first-order valence-corrected chi connectivity index (χ1v) is 23.8. The average Bonchev–Trinajstić information content (AvgIpc) is 3.26. The van der Waals surface area contributed by atoms with Crippen molar-refractivity contribution in [3.63, 3.8) is 0 Å². The number of hydrogen-bond acceptors (Lipinski definition) is 6. The van der Waals surface area contributed by atoms with Crippen molar-refractivity contribution in [3.8, 4) is 11.5 Å². The molecule has 0 spiro atoms. The Morgan fingerprint density at radius 2 is 0.841 bits per heavy atom. The molecule has 0 heterocycles. The molecule has 4 rings (SSSR count). The SMILES string of the molecule is CCC(O)(/C=C/c1ccc(C(CC)(CC)c2ccc(O)c(C)c2)cc1C)CC.CCC(O)(/C=C/c1ccc(C(CC)(CC)c2ccc(OS(=O)(=O)C(F)(F)F)c(C)c2)cc1C)CC. The Hall–Kier alpha value is -4.38.